The monoisotopic (exact) mass is 749 g/mol. The van der Waals surface area contributed by atoms with Crippen molar-refractivity contribution in [1.29, 1.82) is 0 Å². The van der Waals surface area contributed by atoms with Gasteiger partial charge in [0, 0.05) is 57.2 Å². The smallest absolute Gasteiger partial charge is 0.326 e. The Morgan fingerprint density at radius 1 is 0.913 bits per heavy atom. The summed E-state index contributed by atoms with van der Waals surface area (Å²) in [6.45, 7) is 2.33. The molecule has 2 amide bonds. The number of likely N-dealkylation sites (tertiary alicyclic amines) is 2. The van der Waals surface area contributed by atoms with Gasteiger partial charge >= 0.3 is 5.69 Å². The number of phenols is 1. The van der Waals surface area contributed by atoms with Crippen molar-refractivity contribution in [3.8, 4) is 17.0 Å². The second-order valence-electron chi connectivity index (χ2n) is 12.3. The molecule has 0 saturated carbocycles. The third kappa shape index (κ3) is 7.31. The number of rotatable bonds is 8. The molecular weight excluding hydrogens is 714 g/mol. The van der Waals surface area contributed by atoms with Crippen LogP contribution in [0.25, 0.3) is 11.3 Å². The summed E-state index contributed by atoms with van der Waals surface area (Å²) < 4.78 is 2.82. The number of hydrogen-bond donors (Lipinski definition) is 2. The molecule has 0 bridgehead atoms. The summed E-state index contributed by atoms with van der Waals surface area (Å²) in [5.41, 5.74) is 3.69. The minimum Gasteiger partial charge on any atom is -0.506 e. The molecule has 2 saturated heterocycles. The largest absolute Gasteiger partial charge is 0.506 e. The maximum absolute atomic E-state index is 14.0. The van der Waals surface area contributed by atoms with E-state index in [2.05, 4.69) is 41.8 Å². The summed E-state index contributed by atoms with van der Waals surface area (Å²) in [6, 6.07) is 17.5. The van der Waals surface area contributed by atoms with E-state index in [0.717, 1.165) is 29.7 Å². The molecule has 6 rings (SSSR count). The third-order valence-corrected chi connectivity index (χ3v) is 10.6. The number of amides is 2. The molecule has 240 valence electrons. The highest BCUT2D eigenvalue weighted by atomic mass is 79.9. The highest BCUT2D eigenvalue weighted by Gasteiger charge is 2.33. The number of aromatic nitrogens is 3. The molecule has 0 spiro atoms. The molecule has 2 aromatic carbocycles. The van der Waals surface area contributed by atoms with Gasteiger partial charge in [0.2, 0.25) is 11.8 Å². The van der Waals surface area contributed by atoms with E-state index in [1.165, 1.54) is 5.56 Å². The van der Waals surface area contributed by atoms with Gasteiger partial charge in [-0.1, -0.05) is 30.3 Å². The van der Waals surface area contributed by atoms with Crippen LogP contribution in [0.3, 0.4) is 0 Å². The fourth-order valence-corrected chi connectivity index (χ4v) is 8.05. The Morgan fingerprint density at radius 2 is 1.54 bits per heavy atom. The van der Waals surface area contributed by atoms with Crippen molar-refractivity contribution in [2.75, 3.05) is 26.2 Å². The van der Waals surface area contributed by atoms with Gasteiger partial charge in [0.25, 0.3) is 0 Å². The second-order valence-corrected chi connectivity index (χ2v) is 14.0. The maximum atomic E-state index is 14.0. The predicted octanol–water partition coefficient (Wildman–Crippen LogP) is 6.29. The lowest BCUT2D eigenvalue weighted by Crippen LogP contribution is -2.45. The Hall–Kier alpha value is -3.70. The first kappa shape index (κ1) is 32.2. The van der Waals surface area contributed by atoms with Crippen LogP contribution in [0.2, 0.25) is 0 Å². The summed E-state index contributed by atoms with van der Waals surface area (Å²) in [5.74, 6) is -0.113. The fourth-order valence-electron chi connectivity index (χ4n) is 6.77. The number of phenolic OH excluding ortho intramolecular Hbond substituents is 1. The van der Waals surface area contributed by atoms with Crippen LogP contribution in [-0.4, -0.2) is 67.4 Å². The average molecular weight is 752 g/mol. The van der Waals surface area contributed by atoms with Crippen molar-refractivity contribution >= 4 is 43.7 Å². The number of carbonyl (C=O) groups excluding carboxylic acids is 2. The number of nitrogens with zero attached hydrogens (tertiary/aromatic N) is 4. The lowest BCUT2D eigenvalue weighted by atomic mass is 9.88. The predicted molar refractivity (Wildman–Crippen MR) is 183 cm³/mol. The van der Waals surface area contributed by atoms with E-state index < -0.39 is 5.92 Å². The minimum absolute atomic E-state index is 0.00363. The Balaban J connectivity index is 1.12. The molecule has 2 aromatic heterocycles. The summed E-state index contributed by atoms with van der Waals surface area (Å²) in [4.78, 5) is 51.4. The Kier molecular flexibility index (Phi) is 10.1. The van der Waals surface area contributed by atoms with Gasteiger partial charge in [-0.15, -0.1) is 0 Å². The van der Waals surface area contributed by atoms with Crippen molar-refractivity contribution in [1.82, 2.24) is 24.3 Å². The third-order valence-electron chi connectivity index (χ3n) is 9.35. The normalized spacial score (nSPS) is 16.8. The first-order valence-electron chi connectivity index (χ1n) is 15.8. The molecule has 0 aliphatic carbocycles. The van der Waals surface area contributed by atoms with E-state index in [0.29, 0.717) is 60.3 Å². The van der Waals surface area contributed by atoms with Crippen LogP contribution < -0.4 is 5.69 Å². The van der Waals surface area contributed by atoms with Crippen molar-refractivity contribution in [3.63, 3.8) is 0 Å². The number of pyridine rings is 1. The molecule has 4 heterocycles. The lowest BCUT2D eigenvalue weighted by Gasteiger charge is -2.36. The van der Waals surface area contributed by atoms with Crippen molar-refractivity contribution in [2.45, 2.75) is 50.5 Å². The number of piperidine rings is 2. The number of halogens is 2. The van der Waals surface area contributed by atoms with E-state index in [1.807, 2.05) is 83.0 Å². The standard InChI is InChI=1S/C35H37Br2N5O4/c36-29-19-23(20-30(37)33(29)44)18-27(34(45)41-14-8-25(9-15-41)24-6-12-38-13-7-24)21-32(43)40-16-10-28(11-17-40)42-22-31(39-35(42)46)26-4-2-1-3-5-26/h1-7,12-13,19-20,22,25,27-28,44H,8-11,14-18,21H2,(H,39,46)/t27-/m1/s1. The van der Waals surface area contributed by atoms with Gasteiger partial charge < -0.3 is 19.9 Å². The van der Waals surface area contributed by atoms with Crippen LogP contribution in [-0.2, 0) is 16.0 Å². The van der Waals surface area contributed by atoms with E-state index in [-0.39, 0.29) is 35.7 Å². The molecule has 2 N–H and O–H groups in total. The topological polar surface area (TPSA) is 112 Å². The lowest BCUT2D eigenvalue weighted by molar-refractivity contribution is -0.142. The van der Waals surface area contributed by atoms with Crippen molar-refractivity contribution < 1.29 is 14.7 Å². The maximum Gasteiger partial charge on any atom is 0.326 e. The van der Waals surface area contributed by atoms with Gasteiger partial charge in [-0.25, -0.2) is 4.79 Å². The number of nitrogens with one attached hydrogen (secondary N) is 1. The van der Waals surface area contributed by atoms with Crippen LogP contribution >= 0.6 is 31.9 Å². The first-order valence-corrected chi connectivity index (χ1v) is 17.4. The Labute approximate surface area is 284 Å². The molecule has 2 aliphatic heterocycles. The van der Waals surface area contributed by atoms with Gasteiger partial charge in [0.1, 0.15) is 5.75 Å². The molecular formula is C35H37Br2N5O4. The quantitative estimate of drug-likeness (QED) is 0.220. The molecule has 1 atom stereocenters. The van der Waals surface area contributed by atoms with Gasteiger partial charge in [0.15, 0.2) is 0 Å². The highest BCUT2D eigenvalue weighted by Crippen LogP contribution is 2.35. The summed E-state index contributed by atoms with van der Waals surface area (Å²) >= 11 is 6.81. The zero-order valence-corrected chi connectivity index (χ0v) is 28.6. The van der Waals surface area contributed by atoms with Crippen LogP contribution in [0.5, 0.6) is 5.75 Å². The molecule has 0 radical (unpaired) electrons. The number of imidazole rings is 1. The summed E-state index contributed by atoms with van der Waals surface area (Å²) in [6.07, 6.45) is 9.03. The number of aromatic hydroxyl groups is 1. The van der Waals surface area contributed by atoms with Crippen LogP contribution in [0, 0.1) is 5.92 Å². The number of aromatic amines is 1. The van der Waals surface area contributed by atoms with Gasteiger partial charge in [-0.05, 0) is 111 Å². The number of benzene rings is 2. The minimum atomic E-state index is -0.535. The Morgan fingerprint density at radius 3 is 2.20 bits per heavy atom. The van der Waals surface area contributed by atoms with Crippen molar-refractivity contribution in [3.05, 3.63) is 104 Å². The van der Waals surface area contributed by atoms with Crippen molar-refractivity contribution in [2.24, 2.45) is 5.92 Å². The molecule has 46 heavy (non-hydrogen) atoms. The fraction of sp³-hybridized carbons (Fsp3) is 0.371. The first-order chi connectivity index (χ1) is 22.3. The van der Waals surface area contributed by atoms with E-state index in [1.54, 1.807) is 4.57 Å². The zero-order valence-electron chi connectivity index (χ0n) is 25.4. The van der Waals surface area contributed by atoms with Gasteiger partial charge in [-0.3, -0.25) is 19.1 Å². The molecule has 11 heteroatoms. The van der Waals surface area contributed by atoms with Crippen LogP contribution in [0.1, 0.15) is 55.2 Å². The van der Waals surface area contributed by atoms with Gasteiger partial charge in [0.05, 0.1) is 20.6 Å². The SMILES string of the molecule is O=C(C[C@@H](Cc1cc(Br)c(O)c(Br)c1)C(=O)N1CCC(c2ccncc2)CC1)N1CCC(n2cc(-c3ccccc3)[nH]c2=O)CC1. The van der Waals surface area contributed by atoms with E-state index >= 15 is 0 Å². The van der Waals surface area contributed by atoms with E-state index in [9.17, 15) is 19.5 Å². The number of hydrogen-bond acceptors (Lipinski definition) is 5. The summed E-state index contributed by atoms with van der Waals surface area (Å²) in [7, 11) is 0. The zero-order chi connectivity index (χ0) is 32.2. The molecule has 9 nitrogen and oxygen atoms in total. The molecule has 4 aromatic rings. The Bertz CT molecular complexity index is 1700. The van der Waals surface area contributed by atoms with Crippen LogP contribution in [0.15, 0.2) is 86.9 Å². The average Bonchev–Trinajstić information content (AvgIpc) is 3.48. The highest BCUT2D eigenvalue weighted by molar-refractivity contribution is 9.11. The number of H-pyrrole nitrogens is 1. The molecule has 2 fully saturated rings. The number of carbonyl (C=O) groups is 2. The van der Waals surface area contributed by atoms with Gasteiger partial charge in [-0.2, -0.15) is 0 Å². The summed E-state index contributed by atoms with van der Waals surface area (Å²) in [5, 5.41) is 10.2. The molecule has 0 unspecified atom stereocenters. The van der Waals surface area contributed by atoms with E-state index in [4.69, 9.17) is 0 Å². The molecule has 2 aliphatic rings. The second kappa shape index (κ2) is 14.4. The van der Waals surface area contributed by atoms with Crippen LogP contribution in [0.4, 0.5) is 0 Å².